The number of rotatable bonds is 4. The number of hydrogen-bond donors (Lipinski definition) is 1. The molecule has 0 aromatic heterocycles. The van der Waals surface area contributed by atoms with E-state index in [9.17, 15) is 28.3 Å². The predicted molar refractivity (Wildman–Crippen MR) is 98.6 cm³/mol. The highest BCUT2D eigenvalue weighted by Gasteiger charge is 2.47. The number of nitrogens with zero attached hydrogens (tertiary/aromatic N) is 1. The Bertz CT molecular complexity index is 1080. The van der Waals surface area contributed by atoms with Gasteiger partial charge in [0.15, 0.2) is 5.41 Å². The van der Waals surface area contributed by atoms with Crippen molar-refractivity contribution in [3.63, 3.8) is 0 Å². The fourth-order valence-electron chi connectivity index (χ4n) is 3.53. The van der Waals surface area contributed by atoms with Gasteiger partial charge in [-0.3, -0.25) is 4.79 Å². The van der Waals surface area contributed by atoms with Crippen LogP contribution >= 0.6 is 0 Å². The molecule has 0 bridgehead atoms. The first-order valence-corrected chi connectivity index (χ1v) is 8.48. The smallest absolute Gasteiger partial charge is 0.416 e. The topological polar surface area (TPSA) is 61.1 Å². The Morgan fingerprint density at radius 1 is 0.964 bits per heavy atom. The van der Waals surface area contributed by atoms with Gasteiger partial charge in [-0.1, -0.05) is 60.7 Å². The SMILES string of the molecule is CC(C#N)(C(=O)O)C(c1ccccc1C(F)(F)F)c1cccc2ccccc12. The number of alkyl halides is 3. The van der Waals surface area contributed by atoms with Crippen LogP contribution in [0, 0.1) is 16.7 Å². The van der Waals surface area contributed by atoms with E-state index < -0.39 is 29.0 Å². The molecule has 0 aliphatic heterocycles. The molecule has 142 valence electrons. The van der Waals surface area contributed by atoms with E-state index in [4.69, 9.17) is 0 Å². The summed E-state index contributed by atoms with van der Waals surface area (Å²) in [7, 11) is 0. The highest BCUT2D eigenvalue weighted by molar-refractivity contribution is 5.89. The molecule has 3 nitrogen and oxygen atoms in total. The Balaban J connectivity index is 2.43. The molecule has 0 saturated carbocycles. The molecule has 0 saturated heterocycles. The maximum absolute atomic E-state index is 13.7. The van der Waals surface area contributed by atoms with Crippen molar-refractivity contribution in [1.29, 1.82) is 5.26 Å². The lowest BCUT2D eigenvalue weighted by Crippen LogP contribution is -2.35. The van der Waals surface area contributed by atoms with Crippen molar-refractivity contribution in [1.82, 2.24) is 0 Å². The van der Waals surface area contributed by atoms with Gasteiger partial charge in [0, 0.05) is 5.92 Å². The molecule has 0 fully saturated rings. The van der Waals surface area contributed by atoms with Gasteiger partial charge in [0.25, 0.3) is 0 Å². The van der Waals surface area contributed by atoms with E-state index in [0.29, 0.717) is 10.9 Å². The number of aliphatic carboxylic acids is 1. The summed E-state index contributed by atoms with van der Waals surface area (Å²) in [6.07, 6.45) is -4.69. The average molecular weight is 383 g/mol. The van der Waals surface area contributed by atoms with Gasteiger partial charge >= 0.3 is 12.1 Å². The maximum Gasteiger partial charge on any atom is 0.416 e. The lowest BCUT2D eigenvalue weighted by Gasteiger charge is -2.31. The van der Waals surface area contributed by atoms with Gasteiger partial charge in [0.2, 0.25) is 0 Å². The van der Waals surface area contributed by atoms with Crippen molar-refractivity contribution < 1.29 is 23.1 Å². The van der Waals surface area contributed by atoms with E-state index in [1.807, 2.05) is 0 Å². The lowest BCUT2D eigenvalue weighted by atomic mass is 9.68. The molecule has 3 rings (SSSR count). The summed E-state index contributed by atoms with van der Waals surface area (Å²) in [6, 6.07) is 18.6. The summed E-state index contributed by atoms with van der Waals surface area (Å²) < 4.78 is 41.1. The van der Waals surface area contributed by atoms with Gasteiger partial charge in [-0.2, -0.15) is 18.4 Å². The van der Waals surface area contributed by atoms with Gasteiger partial charge in [0.1, 0.15) is 0 Å². The van der Waals surface area contributed by atoms with Crippen LogP contribution in [0.3, 0.4) is 0 Å². The fraction of sp³-hybridized carbons (Fsp3) is 0.182. The molecule has 3 aromatic carbocycles. The summed E-state index contributed by atoms with van der Waals surface area (Å²) in [5, 5.41) is 20.8. The number of carboxylic acid groups (broad SMARTS) is 1. The molecule has 0 aliphatic carbocycles. The number of nitriles is 1. The van der Waals surface area contributed by atoms with E-state index in [1.165, 1.54) is 18.2 Å². The van der Waals surface area contributed by atoms with Crippen LogP contribution in [0.15, 0.2) is 66.7 Å². The predicted octanol–water partition coefficient (Wildman–Crippen LogP) is 5.60. The normalized spacial score (nSPS) is 14.8. The molecule has 28 heavy (non-hydrogen) atoms. The van der Waals surface area contributed by atoms with Crippen molar-refractivity contribution in [3.05, 3.63) is 83.4 Å². The van der Waals surface area contributed by atoms with E-state index in [2.05, 4.69) is 0 Å². The Kier molecular flexibility index (Phi) is 4.86. The molecule has 2 unspecified atom stereocenters. The summed E-state index contributed by atoms with van der Waals surface area (Å²) in [5.41, 5.74) is -2.93. The van der Waals surface area contributed by atoms with E-state index >= 15 is 0 Å². The molecule has 2 atom stereocenters. The van der Waals surface area contributed by atoms with Crippen molar-refractivity contribution in [3.8, 4) is 6.07 Å². The molecule has 0 spiro atoms. The summed E-state index contributed by atoms with van der Waals surface area (Å²) >= 11 is 0. The minimum Gasteiger partial charge on any atom is -0.480 e. The second kappa shape index (κ2) is 7.01. The average Bonchev–Trinajstić information content (AvgIpc) is 2.67. The van der Waals surface area contributed by atoms with Gasteiger partial charge in [-0.25, -0.2) is 0 Å². The van der Waals surface area contributed by atoms with Crippen LogP contribution in [0.5, 0.6) is 0 Å². The lowest BCUT2D eigenvalue weighted by molar-refractivity contribution is -0.146. The largest absolute Gasteiger partial charge is 0.480 e. The number of fused-ring (bicyclic) bond motifs is 1. The summed E-state index contributed by atoms with van der Waals surface area (Å²) in [6.45, 7) is 1.16. The number of carboxylic acids is 1. The van der Waals surface area contributed by atoms with Crippen LogP contribution < -0.4 is 0 Å². The molecular formula is C22H16F3NO2. The third kappa shape index (κ3) is 3.20. The first-order chi connectivity index (χ1) is 13.2. The maximum atomic E-state index is 13.7. The van der Waals surface area contributed by atoms with Crippen LogP contribution in [0.4, 0.5) is 13.2 Å². The molecular weight excluding hydrogens is 367 g/mol. The van der Waals surface area contributed by atoms with E-state index in [1.54, 1.807) is 48.5 Å². The minimum absolute atomic E-state index is 0.238. The Morgan fingerprint density at radius 2 is 1.54 bits per heavy atom. The van der Waals surface area contributed by atoms with Crippen LogP contribution in [-0.2, 0) is 11.0 Å². The van der Waals surface area contributed by atoms with Crippen LogP contribution in [0.1, 0.15) is 29.5 Å². The number of halogens is 3. The van der Waals surface area contributed by atoms with Crippen molar-refractivity contribution >= 4 is 16.7 Å². The Morgan fingerprint density at radius 3 is 2.18 bits per heavy atom. The third-order valence-electron chi connectivity index (χ3n) is 4.97. The molecule has 1 N–H and O–H groups in total. The monoisotopic (exact) mass is 383 g/mol. The molecule has 6 heteroatoms. The van der Waals surface area contributed by atoms with Crippen molar-refractivity contribution in [2.24, 2.45) is 5.41 Å². The molecule has 0 heterocycles. The molecule has 0 aliphatic rings. The van der Waals surface area contributed by atoms with Gasteiger partial charge < -0.3 is 5.11 Å². The van der Waals surface area contributed by atoms with Crippen molar-refractivity contribution in [2.75, 3.05) is 0 Å². The van der Waals surface area contributed by atoms with Gasteiger partial charge in [-0.05, 0) is 34.9 Å². The molecule has 3 aromatic rings. The summed E-state index contributed by atoms with van der Waals surface area (Å²) in [5.74, 6) is -2.80. The number of benzene rings is 3. The number of hydrogen-bond acceptors (Lipinski definition) is 2. The first kappa shape index (κ1) is 19.4. The number of carbonyl (C=O) groups is 1. The highest BCUT2D eigenvalue weighted by Crippen LogP contribution is 2.47. The van der Waals surface area contributed by atoms with Gasteiger partial charge in [0.05, 0.1) is 11.6 Å². The van der Waals surface area contributed by atoms with Crippen LogP contribution in [0.25, 0.3) is 10.8 Å². The van der Waals surface area contributed by atoms with Crippen LogP contribution in [-0.4, -0.2) is 11.1 Å². The first-order valence-electron chi connectivity index (χ1n) is 8.48. The zero-order valence-electron chi connectivity index (χ0n) is 14.9. The summed E-state index contributed by atoms with van der Waals surface area (Å²) in [4.78, 5) is 12.0. The van der Waals surface area contributed by atoms with E-state index in [0.717, 1.165) is 18.4 Å². The molecule has 0 radical (unpaired) electrons. The zero-order chi connectivity index (χ0) is 20.5. The Labute approximate surface area is 159 Å². The van der Waals surface area contributed by atoms with Gasteiger partial charge in [-0.15, -0.1) is 0 Å². The minimum atomic E-state index is -4.69. The molecule has 0 amide bonds. The highest BCUT2D eigenvalue weighted by atomic mass is 19.4. The standard InChI is InChI=1S/C22H16F3NO2/c1-21(13-26,20(27)28)19(17-10-4-5-12-18(17)22(23,24)25)16-11-6-8-14-7-2-3-9-15(14)16/h2-12,19H,1H3,(H,27,28). The third-order valence-corrected chi connectivity index (χ3v) is 4.97. The second-order valence-electron chi connectivity index (χ2n) is 6.71. The Hall–Kier alpha value is -3.33. The quantitative estimate of drug-likeness (QED) is 0.637. The van der Waals surface area contributed by atoms with Crippen molar-refractivity contribution in [2.45, 2.75) is 19.0 Å². The fourth-order valence-corrected chi connectivity index (χ4v) is 3.53. The zero-order valence-corrected chi connectivity index (χ0v) is 14.9. The second-order valence-corrected chi connectivity index (χ2v) is 6.71. The van der Waals surface area contributed by atoms with E-state index in [-0.39, 0.29) is 5.56 Å². The van der Waals surface area contributed by atoms with Crippen LogP contribution in [0.2, 0.25) is 0 Å².